The Morgan fingerprint density at radius 3 is 2.21 bits per heavy atom. The Bertz CT molecular complexity index is 940. The second kappa shape index (κ2) is 10.0. The number of rotatable bonds is 9. The molecule has 2 aromatic rings. The summed E-state index contributed by atoms with van der Waals surface area (Å²) in [4.78, 5) is 23.0. The van der Waals surface area contributed by atoms with Crippen molar-refractivity contribution >= 4 is 27.6 Å². The van der Waals surface area contributed by atoms with Crippen LogP contribution in [0.1, 0.15) is 19.4 Å². The highest BCUT2D eigenvalue weighted by Crippen LogP contribution is 2.15. The molecular weight excluding hydrogens is 396 g/mol. The molecule has 0 aliphatic heterocycles. The summed E-state index contributed by atoms with van der Waals surface area (Å²) in [6, 6.07) is 11.9. The molecule has 0 aliphatic rings. The molecule has 9 heteroatoms. The van der Waals surface area contributed by atoms with E-state index in [1.54, 1.807) is 0 Å². The number of ether oxygens (including phenoxy) is 2. The third kappa shape index (κ3) is 7.20. The van der Waals surface area contributed by atoms with Crippen LogP contribution in [0.5, 0.6) is 5.75 Å². The number of carbonyl (C=O) groups excluding carboxylic acids is 2. The fourth-order valence-corrected chi connectivity index (χ4v) is 3.52. The summed E-state index contributed by atoms with van der Waals surface area (Å²) >= 11 is 0. The molecular formula is C20H24N2O6S. The van der Waals surface area contributed by atoms with Crippen molar-refractivity contribution in [1.29, 1.82) is 0 Å². The van der Waals surface area contributed by atoms with Crippen LogP contribution in [0, 0.1) is 6.92 Å². The molecule has 1 unspecified atom stereocenters. The van der Waals surface area contributed by atoms with Gasteiger partial charge in [-0.05, 0) is 50.2 Å². The van der Waals surface area contributed by atoms with Gasteiger partial charge in [0.05, 0.1) is 4.90 Å². The number of aryl methyl sites for hydroxylation is 1. The zero-order valence-electron chi connectivity index (χ0n) is 16.5. The predicted octanol–water partition coefficient (Wildman–Crippen LogP) is 2.24. The van der Waals surface area contributed by atoms with Gasteiger partial charge in [0, 0.05) is 12.6 Å². The van der Waals surface area contributed by atoms with Crippen molar-refractivity contribution in [2.24, 2.45) is 0 Å². The fourth-order valence-electron chi connectivity index (χ4n) is 2.33. The van der Waals surface area contributed by atoms with Gasteiger partial charge in [-0.2, -0.15) is 4.72 Å². The molecule has 0 spiro atoms. The SMILES string of the molecule is CC(=O)Nc1ccc(S(=O)(=O)NC(C)C(=O)OCCOc2ccc(C)cc2)cc1. The highest BCUT2D eigenvalue weighted by atomic mass is 32.2. The topological polar surface area (TPSA) is 111 Å². The van der Waals surface area contributed by atoms with Gasteiger partial charge in [-0.25, -0.2) is 8.42 Å². The Labute approximate surface area is 170 Å². The third-order valence-corrected chi connectivity index (χ3v) is 5.34. The molecule has 0 aromatic heterocycles. The molecule has 2 rings (SSSR count). The smallest absolute Gasteiger partial charge is 0.324 e. The van der Waals surface area contributed by atoms with E-state index < -0.39 is 22.0 Å². The average molecular weight is 420 g/mol. The van der Waals surface area contributed by atoms with E-state index in [9.17, 15) is 18.0 Å². The minimum atomic E-state index is -3.92. The number of nitrogens with one attached hydrogen (secondary N) is 2. The molecule has 0 bridgehead atoms. The number of esters is 1. The van der Waals surface area contributed by atoms with E-state index in [4.69, 9.17) is 9.47 Å². The second-order valence-electron chi connectivity index (χ2n) is 6.38. The van der Waals surface area contributed by atoms with Gasteiger partial charge in [-0.3, -0.25) is 9.59 Å². The lowest BCUT2D eigenvalue weighted by molar-refractivity contribution is -0.145. The Balaban J connectivity index is 1.82. The number of hydrogen-bond acceptors (Lipinski definition) is 6. The number of carbonyl (C=O) groups is 2. The van der Waals surface area contributed by atoms with Gasteiger partial charge >= 0.3 is 5.97 Å². The van der Waals surface area contributed by atoms with Crippen LogP contribution in [0.4, 0.5) is 5.69 Å². The van der Waals surface area contributed by atoms with E-state index in [1.165, 1.54) is 38.1 Å². The molecule has 1 atom stereocenters. The summed E-state index contributed by atoms with van der Waals surface area (Å²) in [5.74, 6) is -0.319. The largest absolute Gasteiger partial charge is 0.490 e. The summed E-state index contributed by atoms with van der Waals surface area (Å²) in [6.45, 7) is 4.85. The van der Waals surface area contributed by atoms with Crippen LogP contribution in [0.2, 0.25) is 0 Å². The zero-order valence-corrected chi connectivity index (χ0v) is 17.3. The first-order valence-electron chi connectivity index (χ1n) is 8.93. The number of amides is 1. The molecule has 1 amide bonds. The molecule has 2 N–H and O–H groups in total. The van der Waals surface area contributed by atoms with E-state index in [-0.39, 0.29) is 24.0 Å². The lowest BCUT2D eigenvalue weighted by atomic mass is 10.2. The lowest BCUT2D eigenvalue weighted by Crippen LogP contribution is -2.39. The van der Waals surface area contributed by atoms with Crippen LogP contribution in [0.25, 0.3) is 0 Å². The summed E-state index contributed by atoms with van der Waals surface area (Å²) in [6.07, 6.45) is 0. The second-order valence-corrected chi connectivity index (χ2v) is 8.09. The Kier molecular flexibility index (Phi) is 7.74. The monoisotopic (exact) mass is 420 g/mol. The highest BCUT2D eigenvalue weighted by Gasteiger charge is 2.23. The van der Waals surface area contributed by atoms with Gasteiger partial charge in [-0.15, -0.1) is 0 Å². The van der Waals surface area contributed by atoms with Crippen molar-refractivity contribution in [1.82, 2.24) is 4.72 Å². The van der Waals surface area contributed by atoms with Gasteiger partial charge in [0.15, 0.2) is 0 Å². The molecule has 0 fully saturated rings. The van der Waals surface area contributed by atoms with E-state index in [0.717, 1.165) is 5.56 Å². The first-order valence-corrected chi connectivity index (χ1v) is 10.4. The van der Waals surface area contributed by atoms with Gasteiger partial charge in [0.2, 0.25) is 15.9 Å². The van der Waals surface area contributed by atoms with Crippen LogP contribution in [-0.2, 0) is 24.3 Å². The molecule has 0 heterocycles. The van der Waals surface area contributed by atoms with Crippen LogP contribution in [0.15, 0.2) is 53.4 Å². The average Bonchev–Trinajstić information content (AvgIpc) is 2.66. The molecule has 0 saturated carbocycles. The predicted molar refractivity (Wildman–Crippen MR) is 108 cm³/mol. The van der Waals surface area contributed by atoms with Crippen molar-refractivity contribution in [3.63, 3.8) is 0 Å². The summed E-state index contributed by atoms with van der Waals surface area (Å²) in [5.41, 5.74) is 1.58. The number of hydrogen-bond donors (Lipinski definition) is 2. The maximum Gasteiger partial charge on any atom is 0.324 e. The van der Waals surface area contributed by atoms with Crippen molar-refractivity contribution in [3.8, 4) is 5.75 Å². The first-order chi connectivity index (χ1) is 13.7. The van der Waals surface area contributed by atoms with E-state index in [2.05, 4.69) is 10.0 Å². The molecule has 0 radical (unpaired) electrons. The van der Waals surface area contributed by atoms with Crippen LogP contribution in [0.3, 0.4) is 0 Å². The van der Waals surface area contributed by atoms with Gasteiger partial charge in [0.1, 0.15) is 25.0 Å². The number of anilines is 1. The Hall–Kier alpha value is -2.91. The maximum absolute atomic E-state index is 12.4. The molecule has 8 nitrogen and oxygen atoms in total. The fraction of sp³-hybridized carbons (Fsp3) is 0.300. The minimum Gasteiger partial charge on any atom is -0.490 e. The van der Waals surface area contributed by atoms with Crippen molar-refractivity contribution in [3.05, 3.63) is 54.1 Å². The molecule has 0 saturated heterocycles. The summed E-state index contributed by atoms with van der Waals surface area (Å²) in [5, 5.41) is 2.55. The lowest BCUT2D eigenvalue weighted by Gasteiger charge is -2.14. The highest BCUT2D eigenvalue weighted by molar-refractivity contribution is 7.89. The maximum atomic E-state index is 12.4. The zero-order chi connectivity index (χ0) is 21.4. The van der Waals surface area contributed by atoms with E-state index in [1.807, 2.05) is 31.2 Å². The van der Waals surface area contributed by atoms with Crippen LogP contribution < -0.4 is 14.8 Å². The summed E-state index contributed by atoms with van der Waals surface area (Å²) < 4.78 is 37.6. The normalized spacial score (nSPS) is 12.1. The molecule has 2 aromatic carbocycles. The van der Waals surface area contributed by atoms with E-state index in [0.29, 0.717) is 11.4 Å². The Morgan fingerprint density at radius 2 is 1.62 bits per heavy atom. The Morgan fingerprint density at radius 1 is 1.00 bits per heavy atom. The first kappa shape index (κ1) is 22.4. The summed E-state index contributed by atoms with van der Waals surface area (Å²) in [7, 11) is -3.92. The van der Waals surface area contributed by atoms with Gasteiger partial charge < -0.3 is 14.8 Å². The minimum absolute atomic E-state index is 0.00973. The van der Waals surface area contributed by atoms with Gasteiger partial charge in [0.25, 0.3) is 0 Å². The van der Waals surface area contributed by atoms with E-state index >= 15 is 0 Å². The van der Waals surface area contributed by atoms with Crippen molar-refractivity contribution < 1.29 is 27.5 Å². The van der Waals surface area contributed by atoms with Gasteiger partial charge in [-0.1, -0.05) is 17.7 Å². The number of sulfonamides is 1. The molecule has 29 heavy (non-hydrogen) atoms. The molecule has 156 valence electrons. The molecule has 0 aliphatic carbocycles. The quantitative estimate of drug-likeness (QED) is 0.475. The van der Waals surface area contributed by atoms with Crippen LogP contribution in [-0.4, -0.2) is 39.5 Å². The van der Waals surface area contributed by atoms with Crippen LogP contribution >= 0.6 is 0 Å². The standard InChI is InChI=1S/C20H24N2O6S/c1-14-4-8-18(9-5-14)27-12-13-28-20(24)15(2)22-29(25,26)19-10-6-17(7-11-19)21-16(3)23/h4-11,15,22H,12-13H2,1-3H3,(H,21,23). The van der Waals surface area contributed by atoms with Crippen molar-refractivity contribution in [2.75, 3.05) is 18.5 Å². The third-order valence-electron chi connectivity index (χ3n) is 3.79. The van der Waals surface area contributed by atoms with Crippen molar-refractivity contribution in [2.45, 2.75) is 31.7 Å². The number of benzene rings is 2.